The first kappa shape index (κ1) is 14.9. The van der Waals surface area contributed by atoms with Crippen molar-refractivity contribution in [2.24, 2.45) is 0 Å². The van der Waals surface area contributed by atoms with Crippen molar-refractivity contribution in [3.8, 4) is 0 Å². The molecule has 0 N–H and O–H groups in total. The molecule has 3 rings (SSSR count). The molecule has 22 heavy (non-hydrogen) atoms. The lowest BCUT2D eigenvalue weighted by atomic mass is 10.0. The summed E-state index contributed by atoms with van der Waals surface area (Å²) in [5, 5.41) is 1.73. The van der Waals surface area contributed by atoms with E-state index in [1.165, 1.54) is 16.8 Å². The molecule has 1 heterocycles. The molecule has 0 saturated carbocycles. The third-order valence-electron chi connectivity index (χ3n) is 3.84. The molecule has 3 heteroatoms. The van der Waals surface area contributed by atoms with E-state index in [2.05, 4.69) is 59.3 Å². The van der Waals surface area contributed by atoms with Crippen molar-refractivity contribution < 1.29 is 0 Å². The van der Waals surface area contributed by atoms with Gasteiger partial charge in [0.25, 0.3) is 0 Å². The smallest absolute Gasteiger partial charge is 0.133 e. The van der Waals surface area contributed by atoms with Gasteiger partial charge in [0.1, 0.15) is 5.15 Å². The Bertz CT molecular complexity index is 808. The quantitative estimate of drug-likeness (QED) is 0.643. The Hall–Kier alpha value is -2.06. The van der Waals surface area contributed by atoms with Crippen LogP contribution in [0.3, 0.4) is 0 Å². The molecule has 0 atom stereocenters. The third-order valence-corrected chi connectivity index (χ3v) is 4.17. The van der Waals surface area contributed by atoms with Gasteiger partial charge in [-0.15, -0.1) is 0 Å². The van der Waals surface area contributed by atoms with Gasteiger partial charge in [-0.1, -0.05) is 35.4 Å². The van der Waals surface area contributed by atoms with Gasteiger partial charge < -0.3 is 4.90 Å². The summed E-state index contributed by atoms with van der Waals surface area (Å²) in [6.07, 6.45) is 0.795. The molecule has 0 aliphatic heterocycles. The van der Waals surface area contributed by atoms with E-state index in [0.29, 0.717) is 5.15 Å². The van der Waals surface area contributed by atoms with E-state index in [-0.39, 0.29) is 0 Å². The highest BCUT2D eigenvalue weighted by Gasteiger charge is 2.07. The van der Waals surface area contributed by atoms with Gasteiger partial charge in [-0.05, 0) is 48.4 Å². The Morgan fingerprint density at radius 1 is 1.00 bits per heavy atom. The molecule has 0 saturated heterocycles. The third kappa shape index (κ3) is 3.07. The zero-order chi connectivity index (χ0) is 15.7. The molecule has 0 fully saturated rings. The van der Waals surface area contributed by atoms with E-state index in [4.69, 9.17) is 11.6 Å². The van der Waals surface area contributed by atoms with Gasteiger partial charge in [-0.2, -0.15) is 0 Å². The maximum absolute atomic E-state index is 6.36. The van der Waals surface area contributed by atoms with Crippen LogP contribution in [-0.4, -0.2) is 19.1 Å². The highest BCUT2D eigenvalue weighted by atomic mass is 35.5. The number of aromatic nitrogens is 1. The summed E-state index contributed by atoms with van der Waals surface area (Å²) in [6.45, 7) is 2.09. The molecule has 2 nitrogen and oxygen atoms in total. The van der Waals surface area contributed by atoms with Crippen molar-refractivity contribution in [2.75, 3.05) is 19.0 Å². The van der Waals surface area contributed by atoms with Crippen molar-refractivity contribution in [3.05, 3.63) is 70.4 Å². The highest BCUT2D eigenvalue weighted by Crippen LogP contribution is 2.24. The lowest BCUT2D eigenvalue weighted by Crippen LogP contribution is -2.08. The van der Waals surface area contributed by atoms with Gasteiger partial charge in [0.15, 0.2) is 0 Å². The van der Waals surface area contributed by atoms with E-state index in [0.717, 1.165) is 22.9 Å². The fraction of sp³-hybridized carbons (Fsp3) is 0.211. The van der Waals surface area contributed by atoms with Crippen LogP contribution in [0.25, 0.3) is 10.9 Å². The second-order valence-corrected chi connectivity index (χ2v) is 6.23. The predicted octanol–water partition coefficient (Wildman–Crippen LogP) is 4.85. The van der Waals surface area contributed by atoms with Gasteiger partial charge in [-0.3, -0.25) is 0 Å². The second-order valence-electron chi connectivity index (χ2n) is 5.87. The van der Waals surface area contributed by atoms with Crippen LogP contribution in [0.2, 0.25) is 5.15 Å². The monoisotopic (exact) mass is 310 g/mol. The molecule has 2 aromatic carbocycles. The minimum atomic E-state index is 0.591. The minimum Gasteiger partial charge on any atom is -0.378 e. The molecule has 112 valence electrons. The Morgan fingerprint density at radius 2 is 1.73 bits per heavy atom. The van der Waals surface area contributed by atoms with Crippen LogP contribution >= 0.6 is 11.6 Å². The maximum atomic E-state index is 6.36. The molecule has 0 radical (unpaired) electrons. The second kappa shape index (κ2) is 5.98. The Balaban J connectivity index is 1.94. The molecule has 0 unspecified atom stereocenters. The first-order valence-corrected chi connectivity index (χ1v) is 7.73. The molecule has 0 aliphatic rings. The topological polar surface area (TPSA) is 16.1 Å². The van der Waals surface area contributed by atoms with Crippen molar-refractivity contribution in [2.45, 2.75) is 13.3 Å². The molecular weight excluding hydrogens is 292 g/mol. The van der Waals surface area contributed by atoms with Gasteiger partial charge in [-0.25, -0.2) is 4.98 Å². The van der Waals surface area contributed by atoms with Crippen LogP contribution < -0.4 is 4.90 Å². The van der Waals surface area contributed by atoms with Crippen LogP contribution in [0.5, 0.6) is 0 Å². The zero-order valence-electron chi connectivity index (χ0n) is 13.1. The van der Waals surface area contributed by atoms with Gasteiger partial charge in [0.2, 0.25) is 0 Å². The van der Waals surface area contributed by atoms with E-state index in [1.807, 2.05) is 20.2 Å². The van der Waals surface area contributed by atoms with Crippen LogP contribution in [0, 0.1) is 6.92 Å². The highest BCUT2D eigenvalue weighted by molar-refractivity contribution is 6.30. The summed E-state index contributed by atoms with van der Waals surface area (Å²) in [5.74, 6) is 0. The molecule has 0 aliphatic carbocycles. The standard InChI is InChI=1S/C19H19ClN2/c1-13-4-9-18-15(10-13)12-16(19(20)21-18)11-14-5-7-17(8-6-14)22(2)3/h4-10,12H,11H2,1-3H3. The summed E-state index contributed by atoms with van der Waals surface area (Å²) in [7, 11) is 4.09. The van der Waals surface area contributed by atoms with Crippen LogP contribution in [-0.2, 0) is 6.42 Å². The van der Waals surface area contributed by atoms with Crippen LogP contribution in [0.15, 0.2) is 48.5 Å². The Kier molecular flexibility index (Phi) is 4.04. The van der Waals surface area contributed by atoms with E-state index in [9.17, 15) is 0 Å². The molecule has 0 amide bonds. The maximum Gasteiger partial charge on any atom is 0.133 e. The number of hydrogen-bond donors (Lipinski definition) is 0. The van der Waals surface area contributed by atoms with Crippen LogP contribution in [0.1, 0.15) is 16.7 Å². The number of nitrogens with zero attached hydrogens (tertiary/aromatic N) is 2. The minimum absolute atomic E-state index is 0.591. The number of hydrogen-bond acceptors (Lipinski definition) is 2. The molecule has 0 spiro atoms. The van der Waals surface area contributed by atoms with Crippen LogP contribution in [0.4, 0.5) is 5.69 Å². The number of fused-ring (bicyclic) bond motifs is 1. The SMILES string of the molecule is Cc1ccc2nc(Cl)c(Cc3ccc(N(C)C)cc3)cc2c1. The summed E-state index contributed by atoms with van der Waals surface area (Å²) in [4.78, 5) is 6.61. The van der Waals surface area contributed by atoms with Crippen molar-refractivity contribution in [1.29, 1.82) is 0 Å². The number of rotatable bonds is 3. The number of benzene rings is 2. The Morgan fingerprint density at radius 3 is 2.41 bits per heavy atom. The van der Waals surface area contributed by atoms with Crippen molar-refractivity contribution >= 4 is 28.2 Å². The molecule has 3 aromatic rings. The van der Waals surface area contributed by atoms with E-state index in [1.54, 1.807) is 0 Å². The van der Waals surface area contributed by atoms with E-state index < -0.39 is 0 Å². The van der Waals surface area contributed by atoms with Gasteiger partial charge in [0, 0.05) is 31.6 Å². The first-order valence-electron chi connectivity index (χ1n) is 7.35. The largest absolute Gasteiger partial charge is 0.378 e. The average Bonchev–Trinajstić information content (AvgIpc) is 2.49. The predicted molar refractivity (Wildman–Crippen MR) is 95.1 cm³/mol. The zero-order valence-corrected chi connectivity index (χ0v) is 13.9. The summed E-state index contributed by atoms with van der Waals surface area (Å²) < 4.78 is 0. The average molecular weight is 311 g/mol. The van der Waals surface area contributed by atoms with Crippen molar-refractivity contribution in [3.63, 3.8) is 0 Å². The normalized spacial score (nSPS) is 10.9. The molecule has 0 bridgehead atoms. The number of halogens is 1. The summed E-state index contributed by atoms with van der Waals surface area (Å²) in [6, 6.07) is 16.9. The van der Waals surface area contributed by atoms with E-state index >= 15 is 0 Å². The summed E-state index contributed by atoms with van der Waals surface area (Å²) in [5.41, 5.74) is 5.68. The number of aryl methyl sites for hydroxylation is 1. The lowest BCUT2D eigenvalue weighted by Gasteiger charge is -2.13. The number of anilines is 1. The van der Waals surface area contributed by atoms with Gasteiger partial charge >= 0.3 is 0 Å². The number of pyridine rings is 1. The van der Waals surface area contributed by atoms with Gasteiger partial charge in [0.05, 0.1) is 5.52 Å². The molecular formula is C19H19ClN2. The fourth-order valence-corrected chi connectivity index (χ4v) is 2.78. The van der Waals surface area contributed by atoms with Crippen molar-refractivity contribution in [1.82, 2.24) is 4.98 Å². The lowest BCUT2D eigenvalue weighted by molar-refractivity contribution is 1.12. The first-order chi connectivity index (χ1) is 10.5. The Labute approximate surface area is 136 Å². The molecule has 1 aromatic heterocycles. The summed E-state index contributed by atoms with van der Waals surface area (Å²) >= 11 is 6.36. The fourth-order valence-electron chi connectivity index (χ4n) is 2.57.